The summed E-state index contributed by atoms with van der Waals surface area (Å²) in [6.07, 6.45) is 3.02. The summed E-state index contributed by atoms with van der Waals surface area (Å²) in [5, 5.41) is 3.31. The molecule has 4 rings (SSSR count). The molecule has 8 heteroatoms. The van der Waals surface area contributed by atoms with Crippen molar-refractivity contribution in [3.8, 4) is 11.5 Å². The van der Waals surface area contributed by atoms with Crippen LogP contribution in [-0.2, 0) is 13.0 Å². The molecule has 1 aliphatic heterocycles. The molecule has 0 spiro atoms. The van der Waals surface area contributed by atoms with E-state index in [-0.39, 0.29) is 12.0 Å². The van der Waals surface area contributed by atoms with Gasteiger partial charge in [0, 0.05) is 17.3 Å². The third-order valence-electron chi connectivity index (χ3n) is 5.85. The maximum Gasteiger partial charge on any atom is 0.232 e. The molecule has 0 aliphatic carbocycles. The van der Waals surface area contributed by atoms with Crippen LogP contribution >= 0.6 is 0 Å². The quantitative estimate of drug-likeness (QED) is 0.546. The highest BCUT2D eigenvalue weighted by molar-refractivity contribution is 5.58. The van der Waals surface area contributed by atoms with Gasteiger partial charge in [0.2, 0.25) is 11.9 Å². The average molecular weight is 435 g/mol. The Hall–Kier alpha value is -3.39. The summed E-state index contributed by atoms with van der Waals surface area (Å²) in [6, 6.07) is 14.2. The Kier molecular flexibility index (Phi) is 6.70. The van der Waals surface area contributed by atoms with Crippen LogP contribution in [0.4, 0.5) is 17.6 Å². The lowest BCUT2D eigenvalue weighted by atomic mass is 10.0. The molecule has 3 aromatic rings. The molecule has 2 heterocycles. The maximum absolute atomic E-state index is 6.03. The molecule has 168 valence electrons. The number of hydrogen-bond donors (Lipinski definition) is 2. The normalized spacial score (nSPS) is 16.2. The van der Waals surface area contributed by atoms with Gasteiger partial charge in [-0.3, -0.25) is 4.90 Å². The van der Waals surface area contributed by atoms with Gasteiger partial charge in [-0.15, -0.1) is 0 Å². The van der Waals surface area contributed by atoms with Gasteiger partial charge in [0.15, 0.2) is 0 Å². The van der Waals surface area contributed by atoms with E-state index in [0.29, 0.717) is 18.3 Å². The molecule has 0 bridgehead atoms. The van der Waals surface area contributed by atoms with Crippen molar-refractivity contribution >= 4 is 17.6 Å². The summed E-state index contributed by atoms with van der Waals surface area (Å²) in [7, 11) is 3.38. The van der Waals surface area contributed by atoms with Crippen molar-refractivity contribution in [2.75, 3.05) is 31.8 Å². The zero-order valence-electron chi connectivity index (χ0n) is 18.8. The van der Waals surface area contributed by atoms with Crippen LogP contribution in [0.5, 0.6) is 11.5 Å². The molecule has 32 heavy (non-hydrogen) atoms. The van der Waals surface area contributed by atoms with Gasteiger partial charge in [-0.2, -0.15) is 15.0 Å². The second-order valence-corrected chi connectivity index (χ2v) is 7.81. The fourth-order valence-corrected chi connectivity index (χ4v) is 4.28. The Labute approximate surface area is 188 Å². The van der Waals surface area contributed by atoms with Gasteiger partial charge in [-0.25, -0.2) is 0 Å². The minimum atomic E-state index is 0.190. The SMILES string of the molecule is CCc1ccccc1Nc1nc(N)nc(CN2CCC[C@H]2c2cc(OC)ccc2OC)n1. The molecule has 3 N–H and O–H groups in total. The number of nitrogen functional groups attached to an aromatic ring is 1. The first-order valence-corrected chi connectivity index (χ1v) is 10.9. The first kappa shape index (κ1) is 21.8. The van der Waals surface area contributed by atoms with Crippen LogP contribution in [0.1, 0.15) is 42.8 Å². The Balaban J connectivity index is 1.57. The first-order chi connectivity index (χ1) is 15.6. The third kappa shape index (κ3) is 4.75. The predicted molar refractivity (Wildman–Crippen MR) is 125 cm³/mol. The van der Waals surface area contributed by atoms with E-state index in [9.17, 15) is 0 Å². The Bertz CT molecular complexity index is 1070. The van der Waals surface area contributed by atoms with Gasteiger partial charge in [0.25, 0.3) is 0 Å². The fraction of sp³-hybridized carbons (Fsp3) is 0.375. The van der Waals surface area contributed by atoms with Crippen LogP contribution in [0.25, 0.3) is 0 Å². The molecular formula is C24H30N6O2. The van der Waals surface area contributed by atoms with Gasteiger partial charge in [0.05, 0.1) is 20.8 Å². The summed E-state index contributed by atoms with van der Waals surface area (Å²) in [4.78, 5) is 15.7. The Morgan fingerprint density at radius 2 is 1.94 bits per heavy atom. The molecule has 0 saturated carbocycles. The van der Waals surface area contributed by atoms with Gasteiger partial charge in [-0.1, -0.05) is 25.1 Å². The van der Waals surface area contributed by atoms with E-state index in [1.54, 1.807) is 14.2 Å². The number of methoxy groups -OCH3 is 2. The van der Waals surface area contributed by atoms with Crippen molar-refractivity contribution in [1.82, 2.24) is 19.9 Å². The number of nitrogens with one attached hydrogen (secondary N) is 1. The van der Waals surface area contributed by atoms with E-state index in [1.165, 1.54) is 5.56 Å². The monoisotopic (exact) mass is 434 g/mol. The first-order valence-electron chi connectivity index (χ1n) is 10.9. The molecule has 1 saturated heterocycles. The van der Waals surface area contributed by atoms with Crippen LogP contribution in [0.15, 0.2) is 42.5 Å². The second kappa shape index (κ2) is 9.82. The summed E-state index contributed by atoms with van der Waals surface area (Å²) >= 11 is 0. The number of aryl methyl sites for hydroxylation is 1. The molecule has 1 aromatic heterocycles. The van der Waals surface area contributed by atoms with Crippen molar-refractivity contribution in [3.63, 3.8) is 0 Å². The molecule has 1 fully saturated rings. The van der Waals surface area contributed by atoms with Crippen molar-refractivity contribution in [1.29, 1.82) is 0 Å². The van der Waals surface area contributed by atoms with Crippen LogP contribution in [0.3, 0.4) is 0 Å². The maximum atomic E-state index is 6.03. The summed E-state index contributed by atoms with van der Waals surface area (Å²) in [5.41, 5.74) is 9.31. The molecule has 8 nitrogen and oxygen atoms in total. The average Bonchev–Trinajstić information content (AvgIpc) is 3.26. The number of nitrogens with two attached hydrogens (primary N) is 1. The highest BCUT2D eigenvalue weighted by atomic mass is 16.5. The smallest absolute Gasteiger partial charge is 0.232 e. The third-order valence-corrected chi connectivity index (χ3v) is 5.85. The lowest BCUT2D eigenvalue weighted by molar-refractivity contribution is 0.236. The van der Waals surface area contributed by atoms with E-state index in [2.05, 4.69) is 44.2 Å². The fourth-order valence-electron chi connectivity index (χ4n) is 4.28. The standard InChI is InChI=1S/C24H30N6O2/c1-4-16-8-5-6-9-19(16)26-24-28-22(27-23(25)29-24)15-30-13-7-10-20(30)18-14-17(31-2)11-12-21(18)32-3/h5-6,8-9,11-12,14,20H,4,7,10,13,15H2,1-3H3,(H3,25,26,27,28,29)/t20-/m0/s1. The largest absolute Gasteiger partial charge is 0.497 e. The summed E-state index contributed by atoms with van der Waals surface area (Å²) < 4.78 is 11.1. The Morgan fingerprint density at radius 1 is 1.09 bits per heavy atom. The summed E-state index contributed by atoms with van der Waals surface area (Å²) in [6.45, 7) is 3.63. The number of ether oxygens (including phenoxy) is 2. The van der Waals surface area contributed by atoms with E-state index in [1.807, 2.05) is 30.3 Å². The molecule has 0 amide bonds. The van der Waals surface area contributed by atoms with Gasteiger partial charge >= 0.3 is 0 Å². The number of aromatic nitrogens is 3. The molecule has 0 unspecified atom stereocenters. The number of rotatable bonds is 8. The van der Waals surface area contributed by atoms with Crippen molar-refractivity contribution in [2.24, 2.45) is 0 Å². The highest BCUT2D eigenvalue weighted by Gasteiger charge is 2.29. The van der Waals surface area contributed by atoms with E-state index >= 15 is 0 Å². The number of para-hydroxylation sites is 1. The zero-order chi connectivity index (χ0) is 22.5. The minimum Gasteiger partial charge on any atom is -0.497 e. The molecule has 2 aromatic carbocycles. The number of nitrogens with zero attached hydrogens (tertiary/aromatic N) is 4. The second-order valence-electron chi connectivity index (χ2n) is 7.81. The number of anilines is 3. The number of benzene rings is 2. The van der Waals surface area contributed by atoms with Crippen molar-refractivity contribution < 1.29 is 9.47 Å². The van der Waals surface area contributed by atoms with E-state index in [0.717, 1.165) is 48.6 Å². The van der Waals surface area contributed by atoms with E-state index in [4.69, 9.17) is 15.2 Å². The van der Waals surface area contributed by atoms with Crippen molar-refractivity contribution in [2.45, 2.75) is 38.8 Å². The lowest BCUT2D eigenvalue weighted by Crippen LogP contribution is -2.25. The zero-order valence-corrected chi connectivity index (χ0v) is 18.8. The van der Waals surface area contributed by atoms with Gasteiger partial charge in [-0.05, 0) is 55.6 Å². The molecule has 0 radical (unpaired) electrons. The van der Waals surface area contributed by atoms with Gasteiger partial charge < -0.3 is 20.5 Å². The van der Waals surface area contributed by atoms with Crippen LogP contribution < -0.4 is 20.5 Å². The lowest BCUT2D eigenvalue weighted by Gasteiger charge is -2.26. The molecular weight excluding hydrogens is 404 g/mol. The predicted octanol–water partition coefficient (Wildman–Crippen LogP) is 4.11. The van der Waals surface area contributed by atoms with Crippen LogP contribution in [-0.4, -0.2) is 40.6 Å². The summed E-state index contributed by atoms with van der Waals surface area (Å²) in [5.74, 6) is 2.99. The topological polar surface area (TPSA) is 98.4 Å². The Morgan fingerprint density at radius 3 is 2.72 bits per heavy atom. The highest BCUT2D eigenvalue weighted by Crippen LogP contribution is 2.39. The molecule has 1 atom stereocenters. The van der Waals surface area contributed by atoms with Crippen LogP contribution in [0, 0.1) is 0 Å². The molecule has 1 aliphatic rings. The van der Waals surface area contributed by atoms with Gasteiger partial charge in [0.1, 0.15) is 17.3 Å². The van der Waals surface area contributed by atoms with Crippen molar-refractivity contribution in [3.05, 3.63) is 59.4 Å². The number of likely N-dealkylation sites (tertiary alicyclic amines) is 1. The van der Waals surface area contributed by atoms with Crippen LogP contribution in [0.2, 0.25) is 0 Å². The van der Waals surface area contributed by atoms with E-state index < -0.39 is 0 Å². The minimum absolute atomic E-state index is 0.190. The number of hydrogen-bond acceptors (Lipinski definition) is 8.